The monoisotopic (exact) mass is 307 g/mol. The summed E-state index contributed by atoms with van der Waals surface area (Å²) in [4.78, 5) is 10.4. The lowest BCUT2D eigenvalue weighted by molar-refractivity contribution is -0.384. The number of halogens is 1. The lowest BCUT2D eigenvalue weighted by Crippen LogP contribution is -1.92. The molecule has 0 amide bonds. The fourth-order valence-electron chi connectivity index (χ4n) is 1.84. The molecule has 0 atom stereocenters. The standard InChI is InChI=1S/C15H14ClNO2S/c1-11-4-2-3-5-13(11)10-20-9-12-6-7-14(16)15(8-12)17(18)19/h2-8H,9-10H2,1H3. The van der Waals surface area contributed by atoms with Crippen molar-refractivity contribution in [1.82, 2.24) is 0 Å². The summed E-state index contributed by atoms with van der Waals surface area (Å²) in [6, 6.07) is 13.2. The highest BCUT2D eigenvalue weighted by molar-refractivity contribution is 7.97. The molecule has 0 aliphatic heterocycles. The summed E-state index contributed by atoms with van der Waals surface area (Å²) in [5.41, 5.74) is 3.45. The first-order valence-corrected chi connectivity index (χ1v) is 7.66. The summed E-state index contributed by atoms with van der Waals surface area (Å²) in [6.45, 7) is 2.09. The Kier molecular flexibility index (Phi) is 5.04. The fourth-order valence-corrected chi connectivity index (χ4v) is 3.09. The van der Waals surface area contributed by atoms with Crippen LogP contribution in [-0.2, 0) is 11.5 Å². The predicted octanol–water partition coefficient (Wildman–Crippen LogP) is 4.99. The molecule has 3 nitrogen and oxygen atoms in total. The SMILES string of the molecule is Cc1ccccc1CSCc1ccc(Cl)c([N+](=O)[O-])c1. The number of benzene rings is 2. The molecular weight excluding hydrogens is 294 g/mol. The van der Waals surface area contributed by atoms with Gasteiger partial charge in [-0.3, -0.25) is 10.1 Å². The van der Waals surface area contributed by atoms with Crippen molar-refractivity contribution in [3.63, 3.8) is 0 Å². The number of hydrogen-bond donors (Lipinski definition) is 0. The van der Waals surface area contributed by atoms with Crippen LogP contribution in [0.25, 0.3) is 0 Å². The summed E-state index contributed by atoms with van der Waals surface area (Å²) in [5, 5.41) is 11.0. The van der Waals surface area contributed by atoms with Crippen molar-refractivity contribution >= 4 is 29.1 Å². The van der Waals surface area contributed by atoms with Crippen molar-refractivity contribution in [2.75, 3.05) is 0 Å². The fraction of sp³-hybridized carbons (Fsp3) is 0.200. The molecule has 0 N–H and O–H groups in total. The van der Waals surface area contributed by atoms with Crippen molar-refractivity contribution in [2.24, 2.45) is 0 Å². The van der Waals surface area contributed by atoms with Crippen LogP contribution in [0.3, 0.4) is 0 Å². The number of rotatable bonds is 5. The van der Waals surface area contributed by atoms with Crippen LogP contribution in [0.2, 0.25) is 5.02 Å². The highest BCUT2D eigenvalue weighted by Crippen LogP contribution is 2.27. The predicted molar refractivity (Wildman–Crippen MR) is 84.3 cm³/mol. The number of thioether (sulfide) groups is 1. The highest BCUT2D eigenvalue weighted by atomic mass is 35.5. The molecule has 2 aromatic rings. The minimum atomic E-state index is -0.447. The van der Waals surface area contributed by atoms with E-state index in [-0.39, 0.29) is 10.7 Å². The van der Waals surface area contributed by atoms with E-state index in [0.29, 0.717) is 0 Å². The second-order valence-corrected chi connectivity index (χ2v) is 5.85. The van der Waals surface area contributed by atoms with E-state index in [4.69, 9.17) is 11.6 Å². The van der Waals surface area contributed by atoms with Gasteiger partial charge in [-0.25, -0.2) is 0 Å². The van der Waals surface area contributed by atoms with Crippen molar-refractivity contribution in [3.8, 4) is 0 Å². The summed E-state index contributed by atoms with van der Waals surface area (Å²) < 4.78 is 0. The molecule has 5 heteroatoms. The van der Waals surface area contributed by atoms with Crippen molar-refractivity contribution in [3.05, 3.63) is 74.3 Å². The van der Waals surface area contributed by atoms with Gasteiger partial charge in [-0.2, -0.15) is 11.8 Å². The van der Waals surface area contributed by atoms with Crippen molar-refractivity contribution in [2.45, 2.75) is 18.4 Å². The third kappa shape index (κ3) is 3.74. The first-order valence-electron chi connectivity index (χ1n) is 6.13. The first kappa shape index (κ1) is 14.9. The Balaban J connectivity index is 2.00. The molecule has 20 heavy (non-hydrogen) atoms. The van der Waals surface area contributed by atoms with Crippen LogP contribution in [0.15, 0.2) is 42.5 Å². The Labute approximate surface area is 127 Å². The van der Waals surface area contributed by atoms with Gasteiger partial charge in [0.1, 0.15) is 5.02 Å². The van der Waals surface area contributed by atoms with E-state index in [9.17, 15) is 10.1 Å². The van der Waals surface area contributed by atoms with E-state index in [1.54, 1.807) is 23.9 Å². The molecule has 0 bridgehead atoms. The Morgan fingerprint density at radius 1 is 1.20 bits per heavy atom. The maximum atomic E-state index is 10.8. The van der Waals surface area contributed by atoms with E-state index < -0.39 is 4.92 Å². The van der Waals surface area contributed by atoms with Gasteiger partial charge in [-0.1, -0.05) is 41.9 Å². The molecule has 0 aliphatic rings. The first-order chi connectivity index (χ1) is 9.58. The molecule has 0 saturated carbocycles. The van der Waals surface area contributed by atoms with Crippen LogP contribution in [0.1, 0.15) is 16.7 Å². The Bertz CT molecular complexity index is 631. The summed E-state index contributed by atoms with van der Waals surface area (Å²) in [5.74, 6) is 1.62. The van der Waals surface area contributed by atoms with Crippen LogP contribution >= 0.6 is 23.4 Å². The van der Waals surface area contributed by atoms with Crippen molar-refractivity contribution in [1.29, 1.82) is 0 Å². The van der Waals surface area contributed by atoms with Gasteiger partial charge in [-0.05, 0) is 29.7 Å². The zero-order valence-corrected chi connectivity index (χ0v) is 12.6. The van der Waals surface area contributed by atoms with E-state index in [0.717, 1.165) is 17.1 Å². The van der Waals surface area contributed by atoms with Gasteiger partial charge in [-0.15, -0.1) is 0 Å². The molecule has 0 aromatic heterocycles. The molecule has 0 unspecified atom stereocenters. The normalized spacial score (nSPS) is 10.5. The van der Waals surface area contributed by atoms with Crippen LogP contribution in [0.4, 0.5) is 5.69 Å². The summed E-state index contributed by atoms with van der Waals surface area (Å²) >= 11 is 7.53. The van der Waals surface area contributed by atoms with E-state index in [1.807, 2.05) is 18.2 Å². The van der Waals surface area contributed by atoms with Gasteiger partial charge in [0.15, 0.2) is 0 Å². The third-order valence-corrected chi connectivity index (χ3v) is 4.37. The molecule has 0 heterocycles. The zero-order chi connectivity index (χ0) is 14.5. The largest absolute Gasteiger partial charge is 0.288 e. The van der Waals surface area contributed by atoms with Gasteiger partial charge in [0, 0.05) is 17.6 Å². The number of aryl methyl sites for hydroxylation is 1. The number of nitro benzene ring substituents is 1. The molecule has 104 valence electrons. The second-order valence-electron chi connectivity index (χ2n) is 4.46. The average Bonchev–Trinajstić information content (AvgIpc) is 2.42. The highest BCUT2D eigenvalue weighted by Gasteiger charge is 2.12. The quantitative estimate of drug-likeness (QED) is 0.577. The molecule has 0 spiro atoms. The second kappa shape index (κ2) is 6.77. The number of nitrogens with zero attached hydrogens (tertiary/aromatic N) is 1. The minimum absolute atomic E-state index is 0.0272. The topological polar surface area (TPSA) is 43.1 Å². The number of hydrogen-bond acceptors (Lipinski definition) is 3. The lowest BCUT2D eigenvalue weighted by atomic mass is 10.1. The van der Waals surface area contributed by atoms with Crippen molar-refractivity contribution < 1.29 is 4.92 Å². The van der Waals surface area contributed by atoms with Crippen LogP contribution in [-0.4, -0.2) is 4.92 Å². The van der Waals surface area contributed by atoms with Crippen LogP contribution in [0, 0.1) is 17.0 Å². The van der Waals surface area contributed by atoms with E-state index in [2.05, 4.69) is 19.1 Å². The van der Waals surface area contributed by atoms with Crippen LogP contribution in [0.5, 0.6) is 0 Å². The zero-order valence-electron chi connectivity index (χ0n) is 11.0. The average molecular weight is 308 g/mol. The van der Waals surface area contributed by atoms with Gasteiger partial charge in [0.2, 0.25) is 0 Å². The van der Waals surface area contributed by atoms with Gasteiger partial charge in [0.25, 0.3) is 5.69 Å². The maximum Gasteiger partial charge on any atom is 0.288 e. The number of nitro groups is 1. The van der Waals surface area contributed by atoms with E-state index >= 15 is 0 Å². The minimum Gasteiger partial charge on any atom is -0.258 e. The summed E-state index contributed by atoms with van der Waals surface area (Å²) in [7, 11) is 0. The van der Waals surface area contributed by atoms with Gasteiger partial charge >= 0.3 is 0 Å². The molecule has 0 radical (unpaired) electrons. The Morgan fingerprint density at radius 3 is 2.65 bits per heavy atom. The molecular formula is C15H14ClNO2S. The molecule has 0 saturated heterocycles. The molecule has 2 rings (SSSR count). The Morgan fingerprint density at radius 2 is 1.95 bits per heavy atom. The van der Waals surface area contributed by atoms with Crippen LogP contribution < -0.4 is 0 Å². The third-order valence-electron chi connectivity index (χ3n) is 2.99. The van der Waals surface area contributed by atoms with E-state index in [1.165, 1.54) is 11.1 Å². The molecule has 0 aliphatic carbocycles. The lowest BCUT2D eigenvalue weighted by Gasteiger charge is -2.06. The van der Waals surface area contributed by atoms with Gasteiger partial charge < -0.3 is 0 Å². The molecule has 2 aromatic carbocycles. The summed E-state index contributed by atoms with van der Waals surface area (Å²) in [6.07, 6.45) is 0. The van der Waals surface area contributed by atoms with Gasteiger partial charge in [0.05, 0.1) is 4.92 Å². The smallest absolute Gasteiger partial charge is 0.258 e. The molecule has 0 fully saturated rings. The maximum absolute atomic E-state index is 10.8. The Hall–Kier alpha value is -1.52.